The number of ketones is 1. The fourth-order valence-corrected chi connectivity index (χ4v) is 3.13. The number of nitrogens with zero attached hydrogens (tertiary/aromatic N) is 3. The molecular weight excluding hydrogens is 354 g/mol. The van der Waals surface area contributed by atoms with Crippen LogP contribution in [0.25, 0.3) is 28.2 Å². The molecule has 140 valence electrons. The van der Waals surface area contributed by atoms with Crippen LogP contribution in [-0.4, -0.2) is 37.0 Å². The van der Waals surface area contributed by atoms with Gasteiger partial charge < -0.3 is 10.2 Å². The van der Waals surface area contributed by atoms with Crippen molar-refractivity contribution in [1.82, 2.24) is 14.4 Å². The van der Waals surface area contributed by atoms with E-state index in [0.717, 1.165) is 22.5 Å². The predicted octanol–water partition coefficient (Wildman–Crippen LogP) is 3.72. The Bertz CT molecular complexity index is 1130. The Labute approximate surface area is 161 Å². The molecule has 0 aliphatic carbocycles. The van der Waals surface area contributed by atoms with Gasteiger partial charge in [0, 0.05) is 35.9 Å². The lowest BCUT2D eigenvalue weighted by Gasteiger charge is -2.06. The van der Waals surface area contributed by atoms with Crippen LogP contribution in [0, 0.1) is 0 Å². The summed E-state index contributed by atoms with van der Waals surface area (Å²) in [7, 11) is 0. The quantitative estimate of drug-likeness (QED) is 0.503. The highest BCUT2D eigenvalue weighted by molar-refractivity contribution is 5.96. The Hall–Kier alpha value is -3.51. The average Bonchev–Trinajstić information content (AvgIpc) is 3.15. The first-order chi connectivity index (χ1) is 13.7. The topological polar surface area (TPSA) is 87.7 Å². The summed E-state index contributed by atoms with van der Waals surface area (Å²) < 4.78 is 1.93. The van der Waals surface area contributed by atoms with E-state index in [4.69, 9.17) is 5.11 Å². The molecule has 0 saturated heterocycles. The van der Waals surface area contributed by atoms with Gasteiger partial charge in [-0.05, 0) is 18.6 Å². The lowest BCUT2D eigenvalue weighted by molar-refractivity contribution is 0.0971. The zero-order valence-corrected chi connectivity index (χ0v) is 15.1. The van der Waals surface area contributed by atoms with E-state index in [-0.39, 0.29) is 18.1 Å². The van der Waals surface area contributed by atoms with E-state index < -0.39 is 0 Å². The summed E-state index contributed by atoms with van der Waals surface area (Å²) >= 11 is 0. The molecule has 2 heterocycles. The SMILES string of the molecule is O=C(CCCO)c1ccc(-c2cn3c(-c4cccc(O)c4)cnc3cn2)cc1. The molecule has 0 aliphatic rings. The fraction of sp³-hybridized carbons (Fsp3) is 0.136. The molecule has 2 aromatic carbocycles. The lowest BCUT2D eigenvalue weighted by atomic mass is 10.0. The molecule has 0 unspecified atom stereocenters. The zero-order chi connectivity index (χ0) is 19.5. The molecule has 0 spiro atoms. The molecular formula is C22H19N3O3. The highest BCUT2D eigenvalue weighted by Gasteiger charge is 2.10. The van der Waals surface area contributed by atoms with Gasteiger partial charge >= 0.3 is 0 Å². The van der Waals surface area contributed by atoms with Crippen molar-refractivity contribution < 1.29 is 15.0 Å². The normalized spacial score (nSPS) is 11.0. The summed E-state index contributed by atoms with van der Waals surface area (Å²) in [5, 5.41) is 18.6. The smallest absolute Gasteiger partial charge is 0.162 e. The highest BCUT2D eigenvalue weighted by Crippen LogP contribution is 2.26. The number of hydrogen-bond donors (Lipinski definition) is 2. The van der Waals surface area contributed by atoms with Crippen LogP contribution in [0.5, 0.6) is 5.75 Å². The standard InChI is InChI=1S/C22H19N3O3/c26-10-2-5-21(28)16-8-6-15(7-9-16)19-14-25-20(12-24-22(25)13-23-19)17-3-1-4-18(27)11-17/h1,3-4,6-9,11-14,26-27H,2,5,10H2. The number of hydrogen-bond acceptors (Lipinski definition) is 5. The summed E-state index contributed by atoms with van der Waals surface area (Å²) in [6, 6.07) is 14.3. The number of carbonyl (C=O) groups is 1. The Kier molecular flexibility index (Phi) is 4.87. The minimum absolute atomic E-state index is 0.0141. The first kappa shape index (κ1) is 17.9. The van der Waals surface area contributed by atoms with Gasteiger partial charge in [-0.15, -0.1) is 0 Å². The van der Waals surface area contributed by atoms with Gasteiger partial charge in [0.05, 0.1) is 23.8 Å². The molecule has 0 atom stereocenters. The van der Waals surface area contributed by atoms with Crippen LogP contribution < -0.4 is 0 Å². The van der Waals surface area contributed by atoms with E-state index in [1.165, 1.54) is 0 Å². The van der Waals surface area contributed by atoms with Gasteiger partial charge in [0.25, 0.3) is 0 Å². The van der Waals surface area contributed by atoms with Crippen molar-refractivity contribution in [2.75, 3.05) is 6.61 Å². The van der Waals surface area contributed by atoms with Crippen molar-refractivity contribution in [3.63, 3.8) is 0 Å². The second-order valence-electron chi connectivity index (χ2n) is 6.52. The maximum atomic E-state index is 12.1. The van der Waals surface area contributed by atoms with Crippen LogP contribution in [0.1, 0.15) is 23.2 Å². The molecule has 0 aliphatic heterocycles. The molecule has 0 radical (unpaired) electrons. The number of aromatic nitrogens is 3. The number of phenols is 1. The number of benzene rings is 2. The number of carbonyl (C=O) groups excluding carboxylic acids is 1. The van der Waals surface area contributed by atoms with Gasteiger partial charge in [-0.2, -0.15) is 0 Å². The lowest BCUT2D eigenvalue weighted by Crippen LogP contribution is -2.00. The van der Waals surface area contributed by atoms with Crippen LogP contribution in [0.3, 0.4) is 0 Å². The van der Waals surface area contributed by atoms with E-state index in [0.29, 0.717) is 24.1 Å². The maximum Gasteiger partial charge on any atom is 0.162 e. The van der Waals surface area contributed by atoms with Crippen molar-refractivity contribution in [1.29, 1.82) is 0 Å². The minimum Gasteiger partial charge on any atom is -0.508 e. The molecule has 0 bridgehead atoms. The second kappa shape index (κ2) is 7.62. The van der Waals surface area contributed by atoms with E-state index in [9.17, 15) is 9.90 Å². The third-order valence-corrected chi connectivity index (χ3v) is 4.60. The number of aliphatic hydroxyl groups is 1. The number of aliphatic hydroxyl groups excluding tert-OH is 1. The number of imidazole rings is 1. The van der Waals surface area contributed by atoms with Gasteiger partial charge in [-0.1, -0.05) is 36.4 Å². The first-order valence-electron chi connectivity index (χ1n) is 9.03. The van der Waals surface area contributed by atoms with E-state index in [1.54, 1.807) is 42.7 Å². The Balaban J connectivity index is 1.68. The zero-order valence-electron chi connectivity index (χ0n) is 15.1. The molecule has 0 fully saturated rings. The summed E-state index contributed by atoms with van der Waals surface area (Å²) in [5.74, 6) is 0.216. The average molecular weight is 373 g/mol. The van der Waals surface area contributed by atoms with Crippen molar-refractivity contribution in [3.05, 3.63) is 72.7 Å². The van der Waals surface area contributed by atoms with Gasteiger partial charge in [-0.3, -0.25) is 14.2 Å². The monoisotopic (exact) mass is 373 g/mol. The number of aromatic hydroxyl groups is 1. The Morgan fingerprint density at radius 3 is 2.57 bits per heavy atom. The Morgan fingerprint density at radius 2 is 1.82 bits per heavy atom. The van der Waals surface area contributed by atoms with Gasteiger partial charge in [-0.25, -0.2) is 4.98 Å². The van der Waals surface area contributed by atoms with Crippen LogP contribution in [-0.2, 0) is 0 Å². The van der Waals surface area contributed by atoms with Crippen molar-refractivity contribution in [2.45, 2.75) is 12.8 Å². The van der Waals surface area contributed by atoms with E-state index >= 15 is 0 Å². The molecule has 28 heavy (non-hydrogen) atoms. The molecule has 4 aromatic rings. The summed E-state index contributed by atoms with van der Waals surface area (Å²) in [4.78, 5) is 20.9. The van der Waals surface area contributed by atoms with Gasteiger partial charge in [0.15, 0.2) is 11.4 Å². The largest absolute Gasteiger partial charge is 0.508 e. The fourth-order valence-electron chi connectivity index (χ4n) is 3.13. The summed E-state index contributed by atoms with van der Waals surface area (Å²) in [5.41, 5.74) is 4.68. The summed E-state index contributed by atoms with van der Waals surface area (Å²) in [6.45, 7) is 0.0141. The molecule has 0 amide bonds. The van der Waals surface area contributed by atoms with E-state index in [2.05, 4.69) is 9.97 Å². The molecule has 6 nitrogen and oxygen atoms in total. The van der Waals surface area contributed by atoms with Crippen molar-refractivity contribution >= 4 is 11.4 Å². The highest BCUT2D eigenvalue weighted by atomic mass is 16.3. The molecule has 2 N–H and O–H groups in total. The molecule has 4 rings (SSSR count). The van der Waals surface area contributed by atoms with Crippen LogP contribution >= 0.6 is 0 Å². The van der Waals surface area contributed by atoms with Crippen LogP contribution in [0.2, 0.25) is 0 Å². The van der Waals surface area contributed by atoms with Gasteiger partial charge in [0.1, 0.15) is 5.75 Å². The minimum atomic E-state index is 0.0141. The Morgan fingerprint density at radius 1 is 1.00 bits per heavy atom. The maximum absolute atomic E-state index is 12.1. The third kappa shape index (κ3) is 3.50. The molecule has 2 aromatic heterocycles. The molecule has 6 heteroatoms. The van der Waals surface area contributed by atoms with Gasteiger partial charge in [0.2, 0.25) is 0 Å². The van der Waals surface area contributed by atoms with E-state index in [1.807, 2.05) is 28.8 Å². The van der Waals surface area contributed by atoms with Crippen molar-refractivity contribution in [2.24, 2.45) is 0 Å². The number of phenolic OH excluding ortho intramolecular Hbond substituents is 1. The van der Waals surface area contributed by atoms with Crippen LogP contribution in [0.15, 0.2) is 67.1 Å². The first-order valence-corrected chi connectivity index (χ1v) is 9.03. The third-order valence-electron chi connectivity index (χ3n) is 4.60. The number of rotatable bonds is 6. The number of Topliss-reactive ketones (excluding diaryl/α,β-unsaturated/α-hetero) is 1. The second-order valence-corrected chi connectivity index (χ2v) is 6.52. The van der Waals surface area contributed by atoms with Crippen molar-refractivity contribution in [3.8, 4) is 28.3 Å². The predicted molar refractivity (Wildman–Crippen MR) is 106 cm³/mol. The van der Waals surface area contributed by atoms with Crippen LogP contribution in [0.4, 0.5) is 0 Å². The number of fused-ring (bicyclic) bond motifs is 1. The molecule has 0 saturated carbocycles. The summed E-state index contributed by atoms with van der Waals surface area (Å²) in [6.07, 6.45) is 6.14.